The number of carbonyl (C=O) groups is 1. The van der Waals surface area contributed by atoms with Crippen LogP contribution in [0.25, 0.3) is 5.65 Å². The van der Waals surface area contributed by atoms with E-state index in [4.69, 9.17) is 0 Å². The van der Waals surface area contributed by atoms with Gasteiger partial charge in [-0.05, 0) is 55.5 Å². The first-order valence-corrected chi connectivity index (χ1v) is 10.0. The van der Waals surface area contributed by atoms with E-state index in [-0.39, 0.29) is 11.8 Å². The van der Waals surface area contributed by atoms with Gasteiger partial charge < -0.3 is 10.2 Å². The number of benzene rings is 1. The van der Waals surface area contributed by atoms with E-state index >= 15 is 0 Å². The molecule has 4 rings (SSSR count). The summed E-state index contributed by atoms with van der Waals surface area (Å²) >= 11 is 0. The molecule has 28 heavy (non-hydrogen) atoms. The lowest BCUT2D eigenvalue weighted by atomic mass is 9.95. The van der Waals surface area contributed by atoms with Crippen LogP contribution in [0.4, 0.5) is 11.5 Å². The molecule has 0 radical (unpaired) electrons. The van der Waals surface area contributed by atoms with Crippen LogP contribution in [0, 0.1) is 5.92 Å². The number of aryl methyl sites for hydroxylation is 1. The average Bonchev–Trinajstić information content (AvgIpc) is 3.21. The van der Waals surface area contributed by atoms with E-state index in [1.54, 1.807) is 10.8 Å². The summed E-state index contributed by atoms with van der Waals surface area (Å²) in [6, 6.07) is 12.1. The molecule has 0 unspecified atom stereocenters. The highest BCUT2D eigenvalue weighted by molar-refractivity contribution is 5.92. The molecule has 1 saturated heterocycles. The van der Waals surface area contributed by atoms with E-state index in [1.807, 2.05) is 24.3 Å². The van der Waals surface area contributed by atoms with Gasteiger partial charge in [-0.15, -0.1) is 15.3 Å². The predicted molar refractivity (Wildman–Crippen MR) is 109 cm³/mol. The fourth-order valence-corrected chi connectivity index (χ4v) is 3.64. The molecular formula is C21H26N6O. The van der Waals surface area contributed by atoms with E-state index in [1.165, 1.54) is 18.4 Å². The Morgan fingerprint density at radius 1 is 1.14 bits per heavy atom. The summed E-state index contributed by atoms with van der Waals surface area (Å²) in [7, 11) is 0. The number of rotatable bonds is 6. The third-order valence-electron chi connectivity index (χ3n) is 5.38. The molecule has 7 heteroatoms. The fraction of sp³-hybridized carbons (Fsp3) is 0.429. The maximum absolute atomic E-state index is 12.6. The second kappa shape index (κ2) is 8.37. The molecule has 0 saturated carbocycles. The molecule has 0 atom stereocenters. The first-order chi connectivity index (χ1) is 13.7. The van der Waals surface area contributed by atoms with Crippen molar-refractivity contribution < 1.29 is 4.79 Å². The zero-order valence-electron chi connectivity index (χ0n) is 16.2. The molecule has 1 fully saturated rings. The standard InChI is InChI=1S/C21H26N6O/c1-2-3-4-16-5-7-18(8-6-16)23-21(28)17-11-13-26(14-12-17)20-10-9-19-24-22-15-27(19)25-20/h5-10,15,17H,2-4,11-14H2,1H3,(H,23,28). The highest BCUT2D eigenvalue weighted by Gasteiger charge is 2.26. The van der Waals surface area contributed by atoms with Crippen molar-refractivity contribution in [1.29, 1.82) is 0 Å². The number of carbonyl (C=O) groups excluding carboxylic acids is 1. The number of nitrogens with zero attached hydrogens (tertiary/aromatic N) is 5. The van der Waals surface area contributed by atoms with E-state index in [2.05, 4.69) is 44.6 Å². The molecule has 146 valence electrons. The molecule has 3 aromatic rings. The number of aromatic nitrogens is 4. The van der Waals surface area contributed by atoms with Gasteiger partial charge in [-0.2, -0.15) is 4.52 Å². The van der Waals surface area contributed by atoms with Crippen LogP contribution < -0.4 is 10.2 Å². The second-order valence-corrected chi connectivity index (χ2v) is 7.38. The lowest BCUT2D eigenvalue weighted by molar-refractivity contribution is -0.120. The molecule has 1 N–H and O–H groups in total. The van der Waals surface area contributed by atoms with Gasteiger partial charge in [0, 0.05) is 24.7 Å². The number of hydrogen-bond donors (Lipinski definition) is 1. The summed E-state index contributed by atoms with van der Waals surface area (Å²) in [5.74, 6) is 1.05. The Morgan fingerprint density at radius 3 is 2.68 bits per heavy atom. The summed E-state index contributed by atoms with van der Waals surface area (Å²) < 4.78 is 1.68. The van der Waals surface area contributed by atoms with Crippen molar-refractivity contribution in [3.05, 3.63) is 48.3 Å². The summed E-state index contributed by atoms with van der Waals surface area (Å²) in [5.41, 5.74) is 2.94. The summed E-state index contributed by atoms with van der Waals surface area (Å²) in [6.45, 7) is 3.83. The van der Waals surface area contributed by atoms with Gasteiger partial charge in [0.2, 0.25) is 5.91 Å². The van der Waals surface area contributed by atoms with Gasteiger partial charge in [-0.1, -0.05) is 25.5 Å². The SMILES string of the molecule is CCCCc1ccc(NC(=O)C2CCN(c3ccc4nncn4n3)CC2)cc1. The average molecular weight is 378 g/mol. The molecule has 3 heterocycles. The molecule has 1 amide bonds. The van der Waals surface area contributed by atoms with Crippen LogP contribution in [0.3, 0.4) is 0 Å². The first kappa shape index (κ1) is 18.4. The number of unbranched alkanes of at least 4 members (excludes halogenated alkanes) is 1. The minimum Gasteiger partial charge on any atom is -0.355 e. The molecular weight excluding hydrogens is 352 g/mol. The Morgan fingerprint density at radius 2 is 1.93 bits per heavy atom. The number of hydrogen-bond acceptors (Lipinski definition) is 5. The van der Waals surface area contributed by atoms with Crippen molar-refractivity contribution in [3.63, 3.8) is 0 Å². The lowest BCUT2D eigenvalue weighted by Gasteiger charge is -2.32. The highest BCUT2D eigenvalue weighted by Crippen LogP contribution is 2.23. The number of nitrogens with one attached hydrogen (secondary N) is 1. The van der Waals surface area contributed by atoms with Crippen LogP contribution in [-0.4, -0.2) is 38.8 Å². The summed E-state index contributed by atoms with van der Waals surface area (Å²) in [4.78, 5) is 14.9. The molecule has 1 aliphatic rings. The van der Waals surface area contributed by atoms with Gasteiger partial charge in [0.25, 0.3) is 0 Å². The quantitative estimate of drug-likeness (QED) is 0.712. The van der Waals surface area contributed by atoms with E-state index in [0.717, 1.165) is 49.5 Å². The minimum absolute atomic E-state index is 0.0367. The monoisotopic (exact) mass is 378 g/mol. The van der Waals surface area contributed by atoms with Crippen LogP contribution in [0.15, 0.2) is 42.7 Å². The topological polar surface area (TPSA) is 75.4 Å². The van der Waals surface area contributed by atoms with Gasteiger partial charge in [-0.25, -0.2) is 0 Å². The molecule has 0 bridgehead atoms. The van der Waals surface area contributed by atoms with Crippen molar-refractivity contribution in [1.82, 2.24) is 19.8 Å². The van der Waals surface area contributed by atoms with Gasteiger partial charge in [-0.3, -0.25) is 4.79 Å². The molecule has 0 spiro atoms. The smallest absolute Gasteiger partial charge is 0.227 e. The Labute approximate surface area is 164 Å². The molecule has 0 aliphatic carbocycles. The number of anilines is 2. The Hall–Kier alpha value is -2.96. The van der Waals surface area contributed by atoms with Gasteiger partial charge in [0.15, 0.2) is 5.65 Å². The number of piperidine rings is 1. The maximum Gasteiger partial charge on any atom is 0.227 e. The molecule has 1 aromatic carbocycles. The number of amides is 1. The molecule has 7 nitrogen and oxygen atoms in total. The van der Waals surface area contributed by atoms with Crippen LogP contribution in [0.5, 0.6) is 0 Å². The van der Waals surface area contributed by atoms with Crippen molar-refractivity contribution in [3.8, 4) is 0 Å². The minimum atomic E-state index is 0.0367. The first-order valence-electron chi connectivity index (χ1n) is 10.0. The highest BCUT2D eigenvalue weighted by atomic mass is 16.1. The second-order valence-electron chi connectivity index (χ2n) is 7.38. The van der Waals surface area contributed by atoms with Crippen molar-refractivity contribution in [2.24, 2.45) is 5.92 Å². The van der Waals surface area contributed by atoms with Crippen LogP contribution >= 0.6 is 0 Å². The van der Waals surface area contributed by atoms with E-state index in [0.29, 0.717) is 0 Å². The van der Waals surface area contributed by atoms with Gasteiger partial charge >= 0.3 is 0 Å². The Bertz CT molecular complexity index is 927. The Balaban J connectivity index is 1.31. The predicted octanol–water partition coefficient (Wildman–Crippen LogP) is 3.32. The van der Waals surface area contributed by atoms with Gasteiger partial charge in [0.1, 0.15) is 12.1 Å². The normalized spacial score (nSPS) is 15.1. The molecule has 1 aliphatic heterocycles. The third kappa shape index (κ3) is 4.13. The third-order valence-corrected chi connectivity index (χ3v) is 5.38. The van der Waals surface area contributed by atoms with Crippen molar-refractivity contribution >= 4 is 23.1 Å². The zero-order chi connectivity index (χ0) is 19.3. The largest absolute Gasteiger partial charge is 0.355 e. The lowest BCUT2D eigenvalue weighted by Crippen LogP contribution is -2.38. The summed E-state index contributed by atoms with van der Waals surface area (Å²) in [6.07, 6.45) is 6.73. The molecule has 2 aromatic heterocycles. The van der Waals surface area contributed by atoms with Crippen molar-refractivity contribution in [2.75, 3.05) is 23.3 Å². The van der Waals surface area contributed by atoms with Crippen LogP contribution in [0.1, 0.15) is 38.2 Å². The Kier molecular flexibility index (Phi) is 5.50. The maximum atomic E-state index is 12.6. The summed E-state index contributed by atoms with van der Waals surface area (Å²) in [5, 5.41) is 15.5. The van der Waals surface area contributed by atoms with Crippen LogP contribution in [-0.2, 0) is 11.2 Å². The van der Waals surface area contributed by atoms with Crippen LogP contribution in [0.2, 0.25) is 0 Å². The van der Waals surface area contributed by atoms with Crippen molar-refractivity contribution in [2.45, 2.75) is 39.0 Å². The van der Waals surface area contributed by atoms with E-state index in [9.17, 15) is 4.79 Å². The van der Waals surface area contributed by atoms with E-state index < -0.39 is 0 Å². The van der Waals surface area contributed by atoms with Gasteiger partial charge in [0.05, 0.1) is 0 Å². The zero-order valence-corrected chi connectivity index (χ0v) is 16.2. The number of fused-ring (bicyclic) bond motifs is 1. The fourth-order valence-electron chi connectivity index (χ4n) is 3.64.